The first-order valence-electron chi connectivity index (χ1n) is 9.54. The van der Waals surface area contributed by atoms with Crippen molar-refractivity contribution in [2.75, 3.05) is 24.3 Å². The lowest BCUT2D eigenvalue weighted by atomic mass is 10.2. The number of methoxy groups -OCH3 is 1. The molecule has 0 saturated heterocycles. The Kier molecular flexibility index (Phi) is 7.64. The number of benzene rings is 2. The van der Waals surface area contributed by atoms with Crippen LogP contribution in [0.4, 0.5) is 16.2 Å². The number of rotatable bonds is 7. The van der Waals surface area contributed by atoms with Crippen molar-refractivity contribution in [1.29, 1.82) is 0 Å². The third kappa shape index (κ3) is 6.97. The zero-order valence-corrected chi connectivity index (χ0v) is 18.9. The van der Waals surface area contributed by atoms with Gasteiger partial charge in [0.2, 0.25) is 10.0 Å². The molecule has 31 heavy (non-hydrogen) atoms. The van der Waals surface area contributed by atoms with Crippen molar-refractivity contribution in [1.82, 2.24) is 4.72 Å². The van der Waals surface area contributed by atoms with Crippen LogP contribution in [0, 0.1) is 0 Å². The zero-order valence-electron chi connectivity index (χ0n) is 18.1. The van der Waals surface area contributed by atoms with E-state index in [-0.39, 0.29) is 17.0 Å². The predicted octanol–water partition coefficient (Wildman–Crippen LogP) is 3.59. The second-order valence-electron chi connectivity index (χ2n) is 7.52. The van der Waals surface area contributed by atoms with Crippen molar-refractivity contribution >= 4 is 33.4 Å². The highest BCUT2D eigenvalue weighted by Crippen LogP contribution is 2.28. The van der Waals surface area contributed by atoms with Gasteiger partial charge in [-0.15, -0.1) is 0 Å². The second kappa shape index (κ2) is 9.80. The molecule has 0 aliphatic heterocycles. The monoisotopic (exact) mass is 449 g/mol. The van der Waals surface area contributed by atoms with E-state index in [0.29, 0.717) is 17.1 Å². The van der Waals surface area contributed by atoms with Crippen molar-refractivity contribution in [3.05, 3.63) is 48.0 Å². The molecule has 3 N–H and O–H groups in total. The van der Waals surface area contributed by atoms with Gasteiger partial charge >= 0.3 is 6.09 Å². The van der Waals surface area contributed by atoms with Gasteiger partial charge in [-0.1, -0.05) is 6.92 Å². The third-order valence-corrected chi connectivity index (χ3v) is 5.42. The summed E-state index contributed by atoms with van der Waals surface area (Å²) in [5.41, 5.74) is 0.325. The van der Waals surface area contributed by atoms with Crippen LogP contribution in [-0.2, 0) is 14.8 Å². The van der Waals surface area contributed by atoms with E-state index in [2.05, 4.69) is 15.4 Å². The fourth-order valence-electron chi connectivity index (χ4n) is 2.56. The number of carbonyl (C=O) groups excluding carboxylic acids is 2. The number of carbonyl (C=O) groups is 2. The molecule has 0 fully saturated rings. The minimum atomic E-state index is -3.60. The first kappa shape index (κ1) is 24.2. The Morgan fingerprint density at radius 2 is 1.65 bits per heavy atom. The van der Waals surface area contributed by atoms with Gasteiger partial charge in [-0.05, 0) is 63.2 Å². The lowest BCUT2D eigenvalue weighted by Crippen LogP contribution is -2.27. The Labute approximate surface area is 182 Å². The summed E-state index contributed by atoms with van der Waals surface area (Å²) in [6.07, 6.45) is -0.660. The Bertz CT molecular complexity index is 1040. The van der Waals surface area contributed by atoms with Gasteiger partial charge in [0.1, 0.15) is 11.4 Å². The van der Waals surface area contributed by atoms with Gasteiger partial charge in [-0.3, -0.25) is 10.1 Å². The Morgan fingerprint density at radius 3 is 2.19 bits per heavy atom. The molecule has 0 saturated carbocycles. The highest BCUT2D eigenvalue weighted by atomic mass is 32.2. The van der Waals surface area contributed by atoms with E-state index in [1.807, 2.05) is 0 Å². The van der Waals surface area contributed by atoms with Crippen LogP contribution in [0.2, 0.25) is 0 Å². The number of hydrogen-bond donors (Lipinski definition) is 3. The highest BCUT2D eigenvalue weighted by molar-refractivity contribution is 7.89. The lowest BCUT2D eigenvalue weighted by molar-refractivity contribution is 0.0635. The molecule has 0 aliphatic carbocycles. The van der Waals surface area contributed by atoms with Gasteiger partial charge in [-0.2, -0.15) is 0 Å². The molecule has 0 bridgehead atoms. The standard InChI is InChI=1S/C21H27N3O6S/c1-6-22-31(27,28)16-10-7-14(8-11-16)19(25)23-15-9-12-18(29-5)17(13-15)24-20(26)30-21(2,3)4/h7-13,22H,6H2,1-5H3,(H,23,25)(H,24,26). The van der Waals surface area contributed by atoms with Gasteiger partial charge in [0, 0.05) is 17.8 Å². The Hall–Kier alpha value is -3.11. The van der Waals surface area contributed by atoms with E-state index in [1.165, 1.54) is 37.4 Å². The molecule has 0 heterocycles. The molecular weight excluding hydrogens is 422 g/mol. The van der Waals surface area contributed by atoms with Crippen LogP contribution in [0.1, 0.15) is 38.1 Å². The van der Waals surface area contributed by atoms with Crippen molar-refractivity contribution < 1.29 is 27.5 Å². The van der Waals surface area contributed by atoms with E-state index in [0.717, 1.165) is 0 Å². The molecule has 10 heteroatoms. The number of sulfonamides is 1. The number of anilines is 2. The molecule has 2 rings (SSSR count). The van der Waals surface area contributed by atoms with Crippen LogP contribution in [0.3, 0.4) is 0 Å². The topological polar surface area (TPSA) is 123 Å². The fraction of sp³-hybridized carbons (Fsp3) is 0.333. The molecule has 2 amide bonds. The molecule has 0 aliphatic rings. The fourth-order valence-corrected chi connectivity index (χ4v) is 3.60. The predicted molar refractivity (Wildman–Crippen MR) is 118 cm³/mol. The molecule has 0 spiro atoms. The average molecular weight is 450 g/mol. The quantitative estimate of drug-likeness (QED) is 0.594. The summed E-state index contributed by atoms with van der Waals surface area (Å²) in [4.78, 5) is 24.7. The number of amides is 2. The molecule has 0 atom stereocenters. The molecule has 9 nitrogen and oxygen atoms in total. The van der Waals surface area contributed by atoms with Crippen molar-refractivity contribution in [3.8, 4) is 5.75 Å². The van der Waals surface area contributed by atoms with E-state index < -0.39 is 27.6 Å². The van der Waals surface area contributed by atoms with Crippen LogP contribution in [0.5, 0.6) is 5.75 Å². The minimum absolute atomic E-state index is 0.0687. The van der Waals surface area contributed by atoms with Crippen molar-refractivity contribution in [3.63, 3.8) is 0 Å². The van der Waals surface area contributed by atoms with Gasteiger partial charge in [-0.25, -0.2) is 17.9 Å². The molecule has 0 aromatic heterocycles. The van der Waals surface area contributed by atoms with Gasteiger partial charge in [0.25, 0.3) is 5.91 Å². The van der Waals surface area contributed by atoms with Crippen LogP contribution in [-0.4, -0.2) is 39.7 Å². The van der Waals surface area contributed by atoms with Crippen LogP contribution < -0.4 is 20.1 Å². The SMILES string of the molecule is CCNS(=O)(=O)c1ccc(C(=O)Nc2ccc(OC)c(NC(=O)OC(C)(C)C)c2)cc1. The number of ether oxygens (including phenoxy) is 2. The molecule has 2 aromatic rings. The number of hydrogen-bond acceptors (Lipinski definition) is 6. The second-order valence-corrected chi connectivity index (χ2v) is 9.29. The van der Waals surface area contributed by atoms with Crippen LogP contribution >= 0.6 is 0 Å². The molecule has 0 unspecified atom stereocenters. The Balaban J connectivity index is 2.17. The van der Waals surface area contributed by atoms with Gasteiger partial charge in [0.05, 0.1) is 17.7 Å². The van der Waals surface area contributed by atoms with E-state index in [4.69, 9.17) is 9.47 Å². The van der Waals surface area contributed by atoms with E-state index in [1.54, 1.807) is 39.8 Å². The van der Waals surface area contributed by atoms with E-state index >= 15 is 0 Å². The third-order valence-electron chi connectivity index (χ3n) is 3.85. The largest absolute Gasteiger partial charge is 0.495 e. The average Bonchev–Trinajstić information content (AvgIpc) is 2.67. The molecule has 0 radical (unpaired) electrons. The maximum Gasteiger partial charge on any atom is 0.412 e. The Morgan fingerprint density at radius 1 is 1.00 bits per heavy atom. The lowest BCUT2D eigenvalue weighted by Gasteiger charge is -2.20. The van der Waals surface area contributed by atoms with Crippen LogP contribution in [0.15, 0.2) is 47.4 Å². The normalized spacial score (nSPS) is 11.5. The molecular formula is C21H27N3O6S. The zero-order chi connectivity index (χ0) is 23.2. The smallest absolute Gasteiger partial charge is 0.412 e. The molecule has 2 aromatic carbocycles. The summed E-state index contributed by atoms with van der Waals surface area (Å²) < 4.78 is 36.9. The van der Waals surface area contributed by atoms with Gasteiger partial charge in [0.15, 0.2) is 0 Å². The summed E-state index contributed by atoms with van der Waals surface area (Å²) in [7, 11) is -2.14. The molecule has 168 valence electrons. The summed E-state index contributed by atoms with van der Waals surface area (Å²) in [5, 5.41) is 5.30. The maximum absolute atomic E-state index is 12.6. The summed E-state index contributed by atoms with van der Waals surface area (Å²) >= 11 is 0. The summed E-state index contributed by atoms with van der Waals surface area (Å²) in [6, 6.07) is 10.3. The summed E-state index contributed by atoms with van der Waals surface area (Å²) in [5.74, 6) is -0.0531. The minimum Gasteiger partial charge on any atom is -0.495 e. The summed E-state index contributed by atoms with van der Waals surface area (Å²) in [6.45, 7) is 7.18. The van der Waals surface area contributed by atoms with E-state index in [9.17, 15) is 18.0 Å². The maximum atomic E-state index is 12.6. The van der Waals surface area contributed by atoms with Crippen molar-refractivity contribution in [2.45, 2.75) is 38.2 Å². The van der Waals surface area contributed by atoms with Crippen LogP contribution in [0.25, 0.3) is 0 Å². The van der Waals surface area contributed by atoms with Gasteiger partial charge < -0.3 is 14.8 Å². The first-order chi connectivity index (χ1) is 14.4. The number of nitrogens with one attached hydrogen (secondary N) is 3. The van der Waals surface area contributed by atoms with Crippen molar-refractivity contribution in [2.24, 2.45) is 0 Å². The highest BCUT2D eigenvalue weighted by Gasteiger charge is 2.18. The first-order valence-corrected chi connectivity index (χ1v) is 11.0.